The number of hydrogen-bond donors (Lipinski definition) is 2. The number of hydrogen-bond acceptors (Lipinski definition) is 1. The van der Waals surface area contributed by atoms with Crippen molar-refractivity contribution in [2.24, 2.45) is 0 Å². The number of amides is 1. The minimum absolute atomic E-state index is 0.162. The molecule has 0 atom stereocenters. The molecule has 0 unspecified atom stereocenters. The molecule has 0 radical (unpaired) electrons. The van der Waals surface area contributed by atoms with Gasteiger partial charge in [0.05, 0.1) is 6.42 Å². The molecule has 0 bridgehead atoms. The van der Waals surface area contributed by atoms with Crippen LogP contribution in [-0.2, 0) is 11.2 Å². The number of halogens is 2. The predicted octanol–water partition coefficient (Wildman–Crippen LogP) is 4.45. The second-order valence-electron chi connectivity index (χ2n) is 5.14. The van der Waals surface area contributed by atoms with Crippen LogP contribution in [0, 0.1) is 12.7 Å². The number of H-pyrrole nitrogens is 1. The van der Waals surface area contributed by atoms with Crippen LogP contribution in [0.1, 0.15) is 11.1 Å². The molecule has 0 aliphatic heterocycles. The van der Waals surface area contributed by atoms with Gasteiger partial charge in [-0.1, -0.05) is 17.7 Å². The number of benzene rings is 2. The van der Waals surface area contributed by atoms with E-state index < -0.39 is 0 Å². The fraction of sp³-hybridized carbons (Fsp3) is 0.118. The lowest BCUT2D eigenvalue weighted by Crippen LogP contribution is -2.15. The lowest BCUT2D eigenvalue weighted by Gasteiger charge is -2.09. The van der Waals surface area contributed by atoms with Crippen molar-refractivity contribution in [2.75, 3.05) is 5.32 Å². The lowest BCUT2D eigenvalue weighted by atomic mass is 10.1. The Morgan fingerprint density at radius 1 is 1.32 bits per heavy atom. The molecule has 1 heterocycles. The second kappa shape index (κ2) is 5.81. The molecule has 3 nitrogen and oxygen atoms in total. The van der Waals surface area contributed by atoms with Crippen LogP contribution in [0.5, 0.6) is 0 Å². The highest BCUT2D eigenvalue weighted by atomic mass is 35.5. The normalized spacial score (nSPS) is 10.9. The van der Waals surface area contributed by atoms with Crippen LogP contribution in [0.15, 0.2) is 42.6 Å². The molecule has 2 N–H and O–H groups in total. The van der Waals surface area contributed by atoms with E-state index >= 15 is 0 Å². The van der Waals surface area contributed by atoms with E-state index in [0.29, 0.717) is 10.7 Å². The van der Waals surface area contributed by atoms with E-state index in [9.17, 15) is 9.18 Å². The molecule has 3 aromatic rings. The first-order valence-electron chi connectivity index (χ1n) is 6.85. The molecular weight excluding hydrogens is 303 g/mol. The van der Waals surface area contributed by atoms with E-state index in [1.165, 1.54) is 12.1 Å². The second-order valence-corrected chi connectivity index (χ2v) is 5.55. The highest BCUT2D eigenvalue weighted by molar-refractivity contribution is 6.31. The zero-order valence-electron chi connectivity index (χ0n) is 11.9. The number of anilines is 1. The van der Waals surface area contributed by atoms with Crippen LogP contribution < -0.4 is 5.32 Å². The summed E-state index contributed by atoms with van der Waals surface area (Å²) >= 11 is 6.04. The van der Waals surface area contributed by atoms with Gasteiger partial charge in [-0.3, -0.25) is 4.79 Å². The first kappa shape index (κ1) is 14.6. The molecule has 0 saturated heterocycles. The summed E-state index contributed by atoms with van der Waals surface area (Å²) in [4.78, 5) is 15.2. The maximum Gasteiger partial charge on any atom is 0.228 e. The van der Waals surface area contributed by atoms with Gasteiger partial charge in [0.1, 0.15) is 5.82 Å². The van der Waals surface area contributed by atoms with E-state index in [0.717, 1.165) is 22.0 Å². The smallest absolute Gasteiger partial charge is 0.228 e. The molecule has 3 rings (SSSR count). The van der Waals surface area contributed by atoms with Gasteiger partial charge >= 0.3 is 0 Å². The van der Waals surface area contributed by atoms with Gasteiger partial charge in [0.15, 0.2) is 0 Å². The van der Waals surface area contributed by atoms with Crippen molar-refractivity contribution in [1.29, 1.82) is 0 Å². The summed E-state index contributed by atoms with van der Waals surface area (Å²) in [7, 11) is 0. The molecule has 5 heteroatoms. The first-order valence-corrected chi connectivity index (χ1v) is 7.23. The maximum absolute atomic E-state index is 13.3. The van der Waals surface area contributed by atoms with Crippen molar-refractivity contribution in [3.63, 3.8) is 0 Å². The molecule has 112 valence electrons. The van der Waals surface area contributed by atoms with Crippen molar-refractivity contribution >= 4 is 34.1 Å². The molecule has 1 amide bonds. The van der Waals surface area contributed by atoms with Gasteiger partial charge in [0.25, 0.3) is 0 Å². The Morgan fingerprint density at radius 3 is 2.95 bits per heavy atom. The summed E-state index contributed by atoms with van der Waals surface area (Å²) in [5.41, 5.74) is 3.07. The Morgan fingerprint density at radius 2 is 2.14 bits per heavy atom. The van der Waals surface area contributed by atoms with Crippen molar-refractivity contribution in [3.8, 4) is 0 Å². The molecule has 0 fully saturated rings. The number of carbonyl (C=O) groups excluding carboxylic acids is 1. The average Bonchev–Trinajstić information content (AvgIpc) is 2.86. The monoisotopic (exact) mass is 316 g/mol. The lowest BCUT2D eigenvalue weighted by molar-refractivity contribution is -0.115. The largest absolute Gasteiger partial charge is 0.361 e. The Balaban J connectivity index is 1.81. The Hall–Kier alpha value is -2.33. The van der Waals surface area contributed by atoms with Crippen LogP contribution >= 0.6 is 11.6 Å². The van der Waals surface area contributed by atoms with E-state index in [1.54, 1.807) is 30.5 Å². The van der Waals surface area contributed by atoms with Crippen LogP contribution in [0.25, 0.3) is 10.9 Å². The quantitative estimate of drug-likeness (QED) is 0.736. The molecule has 22 heavy (non-hydrogen) atoms. The Bertz CT molecular complexity index is 857. The standard InChI is InChI=1S/C17H14ClFN2O/c1-10-14(18)3-2-4-15(10)21-17(22)7-11-9-20-16-6-5-12(19)8-13(11)16/h2-6,8-9,20H,7H2,1H3,(H,21,22). The number of fused-ring (bicyclic) bond motifs is 1. The van der Waals surface area contributed by atoms with Gasteiger partial charge in [-0.2, -0.15) is 0 Å². The van der Waals surface area contributed by atoms with Crippen molar-refractivity contribution < 1.29 is 9.18 Å². The zero-order chi connectivity index (χ0) is 15.7. The van der Waals surface area contributed by atoms with Gasteiger partial charge in [-0.25, -0.2) is 4.39 Å². The van der Waals surface area contributed by atoms with Gasteiger partial charge in [-0.15, -0.1) is 0 Å². The fourth-order valence-corrected chi connectivity index (χ4v) is 2.58. The van der Waals surface area contributed by atoms with Gasteiger partial charge < -0.3 is 10.3 Å². The van der Waals surface area contributed by atoms with Crippen LogP contribution in [0.4, 0.5) is 10.1 Å². The summed E-state index contributed by atoms with van der Waals surface area (Å²) in [6, 6.07) is 9.83. The van der Waals surface area contributed by atoms with Crippen molar-refractivity contribution in [3.05, 3.63) is 64.6 Å². The summed E-state index contributed by atoms with van der Waals surface area (Å²) in [6.07, 6.45) is 1.89. The number of carbonyl (C=O) groups is 1. The fourth-order valence-electron chi connectivity index (χ4n) is 2.41. The molecule has 1 aromatic heterocycles. The highest BCUT2D eigenvalue weighted by Crippen LogP contribution is 2.24. The zero-order valence-corrected chi connectivity index (χ0v) is 12.7. The third-order valence-corrected chi connectivity index (χ3v) is 4.03. The van der Waals surface area contributed by atoms with Crippen molar-refractivity contribution in [1.82, 2.24) is 4.98 Å². The first-order chi connectivity index (χ1) is 10.5. The SMILES string of the molecule is Cc1c(Cl)cccc1NC(=O)Cc1c[nH]c2ccc(F)cc12. The number of aromatic amines is 1. The number of aromatic nitrogens is 1. The van der Waals surface area contributed by atoms with Gasteiger partial charge in [0, 0.05) is 27.8 Å². The third kappa shape index (κ3) is 2.83. The molecular formula is C17H14ClFN2O. The Labute approximate surface area is 132 Å². The maximum atomic E-state index is 13.3. The Kier molecular flexibility index (Phi) is 3.86. The van der Waals surface area contributed by atoms with Gasteiger partial charge in [0.2, 0.25) is 5.91 Å². The van der Waals surface area contributed by atoms with Crippen LogP contribution in [0.2, 0.25) is 5.02 Å². The van der Waals surface area contributed by atoms with Crippen molar-refractivity contribution in [2.45, 2.75) is 13.3 Å². The number of nitrogens with one attached hydrogen (secondary N) is 2. The number of rotatable bonds is 3. The summed E-state index contributed by atoms with van der Waals surface area (Å²) in [5.74, 6) is -0.491. The van der Waals surface area contributed by atoms with E-state index in [-0.39, 0.29) is 18.1 Å². The summed E-state index contributed by atoms with van der Waals surface area (Å²) in [6.45, 7) is 1.85. The summed E-state index contributed by atoms with van der Waals surface area (Å²) < 4.78 is 13.3. The molecule has 0 aliphatic carbocycles. The van der Waals surface area contributed by atoms with E-state index in [1.807, 2.05) is 6.92 Å². The molecule has 0 aliphatic rings. The summed E-state index contributed by atoms with van der Waals surface area (Å²) in [5, 5.41) is 4.16. The third-order valence-electron chi connectivity index (χ3n) is 3.62. The van der Waals surface area contributed by atoms with Crippen LogP contribution in [-0.4, -0.2) is 10.9 Å². The molecule has 0 spiro atoms. The van der Waals surface area contributed by atoms with Gasteiger partial charge in [-0.05, 0) is 48.4 Å². The average molecular weight is 317 g/mol. The minimum atomic E-state index is -0.320. The highest BCUT2D eigenvalue weighted by Gasteiger charge is 2.11. The minimum Gasteiger partial charge on any atom is -0.361 e. The van der Waals surface area contributed by atoms with E-state index in [4.69, 9.17) is 11.6 Å². The molecule has 0 saturated carbocycles. The van der Waals surface area contributed by atoms with E-state index in [2.05, 4.69) is 10.3 Å². The topological polar surface area (TPSA) is 44.9 Å². The predicted molar refractivity (Wildman–Crippen MR) is 86.8 cm³/mol. The van der Waals surface area contributed by atoms with Crippen LogP contribution in [0.3, 0.4) is 0 Å². The molecule has 2 aromatic carbocycles.